The Morgan fingerprint density at radius 3 is 1.95 bits per heavy atom. The van der Waals surface area contributed by atoms with Crippen LogP contribution in [0.2, 0.25) is 0 Å². The van der Waals surface area contributed by atoms with Gasteiger partial charge in [-0.05, 0) is 76.1 Å². The van der Waals surface area contributed by atoms with Gasteiger partial charge >= 0.3 is 0 Å². The average molecular weight is 615 g/mol. The molecular weight excluding hydrogens is 578 g/mol. The molecule has 3 aromatic carbocycles. The third kappa shape index (κ3) is 7.92. The Morgan fingerprint density at radius 1 is 0.872 bits per heavy atom. The first-order chi connectivity index (χ1) is 18.4. The van der Waals surface area contributed by atoms with Crippen molar-refractivity contribution in [1.82, 2.24) is 10.2 Å². The molecule has 0 spiro atoms. The molecule has 3 rings (SSSR count). The summed E-state index contributed by atoms with van der Waals surface area (Å²) in [4.78, 5) is 28.6. The number of benzene rings is 3. The highest BCUT2D eigenvalue weighted by Crippen LogP contribution is 2.25. The molecule has 0 fully saturated rings. The number of rotatable bonds is 11. The topological polar surface area (TPSA) is 86.8 Å². The number of hydrogen-bond acceptors (Lipinski definition) is 4. The van der Waals surface area contributed by atoms with Crippen molar-refractivity contribution in [2.24, 2.45) is 0 Å². The largest absolute Gasteiger partial charge is 0.352 e. The van der Waals surface area contributed by atoms with E-state index in [0.717, 1.165) is 31.9 Å². The van der Waals surface area contributed by atoms with Gasteiger partial charge in [0.25, 0.3) is 10.0 Å². The minimum atomic E-state index is -4.08. The number of hydrogen-bond donors (Lipinski definition) is 1. The van der Waals surface area contributed by atoms with E-state index in [0.29, 0.717) is 5.69 Å². The van der Waals surface area contributed by atoms with Gasteiger partial charge in [-0.1, -0.05) is 70.4 Å². The third-order valence-electron chi connectivity index (χ3n) is 6.64. The SMILES string of the molecule is CC[C@@H](C)NC(=O)[C@@H](C)N(Cc1ccc(Br)cc1)C(=O)CN(c1ccc(C)cc1)S(=O)(=O)c1ccc(C)cc1. The van der Waals surface area contributed by atoms with Crippen molar-refractivity contribution in [3.8, 4) is 0 Å². The molecule has 0 radical (unpaired) electrons. The van der Waals surface area contributed by atoms with Gasteiger partial charge in [0.15, 0.2) is 0 Å². The predicted molar refractivity (Wildman–Crippen MR) is 159 cm³/mol. The van der Waals surface area contributed by atoms with E-state index in [2.05, 4.69) is 21.2 Å². The van der Waals surface area contributed by atoms with Crippen LogP contribution in [-0.2, 0) is 26.2 Å². The summed E-state index contributed by atoms with van der Waals surface area (Å²) in [6.45, 7) is 9.01. The Morgan fingerprint density at radius 2 is 1.41 bits per heavy atom. The van der Waals surface area contributed by atoms with Crippen molar-refractivity contribution in [3.63, 3.8) is 0 Å². The number of anilines is 1. The number of carbonyl (C=O) groups excluding carboxylic acids is 2. The molecule has 0 aliphatic heterocycles. The fourth-order valence-electron chi connectivity index (χ4n) is 3.91. The molecule has 0 heterocycles. The van der Waals surface area contributed by atoms with Gasteiger partial charge < -0.3 is 10.2 Å². The lowest BCUT2D eigenvalue weighted by Gasteiger charge is -2.32. The van der Waals surface area contributed by atoms with Gasteiger partial charge in [-0.3, -0.25) is 13.9 Å². The van der Waals surface area contributed by atoms with Gasteiger partial charge in [-0.25, -0.2) is 8.42 Å². The van der Waals surface area contributed by atoms with Crippen LogP contribution in [-0.4, -0.2) is 43.8 Å². The molecule has 7 nitrogen and oxygen atoms in total. The maximum atomic E-state index is 13.9. The van der Waals surface area contributed by atoms with Crippen LogP contribution in [0.1, 0.15) is 43.9 Å². The smallest absolute Gasteiger partial charge is 0.264 e. The maximum absolute atomic E-state index is 13.9. The number of halogens is 1. The van der Waals surface area contributed by atoms with Gasteiger partial charge in [0.2, 0.25) is 11.8 Å². The molecule has 0 unspecified atom stereocenters. The minimum absolute atomic E-state index is 0.0597. The molecule has 1 N–H and O–H groups in total. The van der Waals surface area contributed by atoms with E-state index < -0.39 is 28.5 Å². The Bertz CT molecular complexity index is 1380. The van der Waals surface area contributed by atoms with Crippen molar-refractivity contribution < 1.29 is 18.0 Å². The number of sulfonamides is 1. The number of nitrogens with one attached hydrogen (secondary N) is 1. The van der Waals surface area contributed by atoms with E-state index in [1.807, 2.05) is 52.0 Å². The first kappa shape index (κ1) is 30.4. The van der Waals surface area contributed by atoms with E-state index >= 15 is 0 Å². The highest BCUT2D eigenvalue weighted by molar-refractivity contribution is 9.10. The molecule has 0 aliphatic rings. The highest BCUT2D eigenvalue weighted by atomic mass is 79.9. The van der Waals surface area contributed by atoms with Crippen LogP contribution in [0.4, 0.5) is 5.69 Å². The summed E-state index contributed by atoms with van der Waals surface area (Å²) in [5, 5.41) is 2.94. The van der Waals surface area contributed by atoms with Crippen LogP contribution in [0.5, 0.6) is 0 Å². The maximum Gasteiger partial charge on any atom is 0.264 e. The zero-order valence-corrected chi connectivity index (χ0v) is 25.4. The summed E-state index contributed by atoms with van der Waals surface area (Å²) in [6.07, 6.45) is 0.745. The highest BCUT2D eigenvalue weighted by Gasteiger charge is 2.32. The summed E-state index contributed by atoms with van der Waals surface area (Å²) in [7, 11) is -4.08. The van der Waals surface area contributed by atoms with Crippen molar-refractivity contribution in [3.05, 3.63) is 94.0 Å². The third-order valence-corrected chi connectivity index (χ3v) is 8.96. The van der Waals surface area contributed by atoms with Gasteiger partial charge in [0.1, 0.15) is 12.6 Å². The Labute approximate surface area is 240 Å². The molecule has 0 bridgehead atoms. The van der Waals surface area contributed by atoms with Crippen LogP contribution in [0.15, 0.2) is 82.2 Å². The quantitative estimate of drug-likeness (QED) is 0.305. The molecule has 208 valence electrons. The summed E-state index contributed by atoms with van der Waals surface area (Å²) in [5.74, 6) is -0.779. The van der Waals surface area contributed by atoms with Gasteiger partial charge in [-0.15, -0.1) is 0 Å². The van der Waals surface area contributed by atoms with Gasteiger partial charge in [0, 0.05) is 17.1 Å². The zero-order chi connectivity index (χ0) is 28.7. The fraction of sp³-hybridized carbons (Fsp3) is 0.333. The standard InChI is InChI=1S/C30H36BrN3O4S/c1-6-23(4)32-30(36)24(5)33(19-25-11-13-26(31)14-12-25)29(35)20-34(27-15-7-21(2)8-16-27)39(37,38)28-17-9-22(3)10-18-28/h7-18,23-24H,6,19-20H2,1-5H3,(H,32,36)/t23-,24-/m1/s1. The monoisotopic (exact) mass is 613 g/mol. The molecule has 2 atom stereocenters. The van der Waals surface area contributed by atoms with E-state index in [-0.39, 0.29) is 23.4 Å². The van der Waals surface area contributed by atoms with Crippen LogP contribution in [0.25, 0.3) is 0 Å². The second kappa shape index (κ2) is 13.3. The molecule has 0 saturated heterocycles. The van der Waals surface area contributed by atoms with Gasteiger partial charge in [0.05, 0.1) is 10.6 Å². The minimum Gasteiger partial charge on any atom is -0.352 e. The summed E-state index contributed by atoms with van der Waals surface area (Å²) < 4.78 is 29.7. The van der Waals surface area contributed by atoms with E-state index in [4.69, 9.17) is 0 Å². The number of amides is 2. The van der Waals surface area contributed by atoms with E-state index in [1.54, 1.807) is 43.3 Å². The lowest BCUT2D eigenvalue weighted by Crippen LogP contribution is -2.52. The number of carbonyl (C=O) groups is 2. The summed E-state index contributed by atoms with van der Waals surface area (Å²) in [6, 6.07) is 20.1. The van der Waals surface area contributed by atoms with Crippen molar-refractivity contribution in [1.29, 1.82) is 0 Å². The Hall–Kier alpha value is -3.17. The summed E-state index contributed by atoms with van der Waals surface area (Å²) >= 11 is 3.42. The number of nitrogens with zero attached hydrogens (tertiary/aromatic N) is 2. The van der Waals surface area contributed by atoms with Gasteiger partial charge in [-0.2, -0.15) is 0 Å². The second-order valence-corrected chi connectivity index (χ2v) is 12.6. The molecule has 39 heavy (non-hydrogen) atoms. The lowest BCUT2D eigenvalue weighted by atomic mass is 10.1. The molecule has 0 saturated carbocycles. The summed E-state index contributed by atoms with van der Waals surface area (Å²) in [5.41, 5.74) is 3.08. The van der Waals surface area contributed by atoms with Crippen molar-refractivity contribution in [2.45, 2.75) is 64.6 Å². The molecule has 0 aromatic heterocycles. The predicted octanol–water partition coefficient (Wildman–Crippen LogP) is 5.59. The molecule has 0 aliphatic carbocycles. The fourth-order valence-corrected chi connectivity index (χ4v) is 5.59. The van der Waals surface area contributed by atoms with Crippen LogP contribution < -0.4 is 9.62 Å². The first-order valence-electron chi connectivity index (χ1n) is 12.9. The lowest BCUT2D eigenvalue weighted by molar-refractivity contribution is -0.139. The molecule has 3 aromatic rings. The zero-order valence-electron chi connectivity index (χ0n) is 23.0. The average Bonchev–Trinajstić information content (AvgIpc) is 2.91. The van der Waals surface area contributed by atoms with Crippen LogP contribution in [0, 0.1) is 13.8 Å². The molecule has 2 amide bonds. The van der Waals surface area contributed by atoms with E-state index in [9.17, 15) is 18.0 Å². The second-order valence-electron chi connectivity index (χ2n) is 9.80. The van der Waals surface area contributed by atoms with Crippen molar-refractivity contribution >= 4 is 43.5 Å². The molecular formula is C30H36BrN3O4S. The van der Waals surface area contributed by atoms with E-state index in [1.165, 1.54) is 17.0 Å². The van der Waals surface area contributed by atoms with Crippen molar-refractivity contribution in [2.75, 3.05) is 10.8 Å². The Kier molecular flexibility index (Phi) is 10.3. The number of aryl methyl sites for hydroxylation is 2. The normalized spacial score (nSPS) is 12.9. The van der Waals surface area contributed by atoms with Crippen LogP contribution >= 0.6 is 15.9 Å². The molecule has 9 heteroatoms. The Balaban J connectivity index is 2.01. The van der Waals surface area contributed by atoms with Crippen LogP contribution in [0.3, 0.4) is 0 Å². The first-order valence-corrected chi connectivity index (χ1v) is 15.2.